The molecule has 2 heteroatoms. The molecule has 1 aliphatic carbocycles. The predicted octanol–water partition coefficient (Wildman–Crippen LogP) is 3.01. The molecule has 0 amide bonds. The van der Waals surface area contributed by atoms with Crippen molar-refractivity contribution in [2.45, 2.75) is 70.9 Å². The highest BCUT2D eigenvalue weighted by atomic mass is 16.1. The summed E-state index contributed by atoms with van der Waals surface area (Å²) in [7, 11) is 2.12. The van der Waals surface area contributed by atoms with E-state index in [1.807, 2.05) is 0 Å². The molecule has 1 fully saturated rings. The van der Waals surface area contributed by atoms with E-state index in [0.717, 1.165) is 19.3 Å². The zero-order chi connectivity index (χ0) is 11.3. The molecule has 2 unspecified atom stereocenters. The quantitative estimate of drug-likeness (QED) is 0.666. The molecule has 0 radical (unpaired) electrons. The van der Waals surface area contributed by atoms with E-state index in [4.69, 9.17) is 0 Å². The van der Waals surface area contributed by atoms with Gasteiger partial charge < -0.3 is 0 Å². The van der Waals surface area contributed by atoms with Crippen molar-refractivity contribution < 1.29 is 4.79 Å². The normalized spacial score (nSPS) is 25.3. The minimum atomic E-state index is 0.203. The maximum absolute atomic E-state index is 11.9. The van der Waals surface area contributed by atoms with Crippen molar-refractivity contribution in [3.05, 3.63) is 0 Å². The van der Waals surface area contributed by atoms with Gasteiger partial charge in [-0.2, -0.15) is 0 Å². The van der Waals surface area contributed by atoms with Crippen molar-refractivity contribution in [3.63, 3.8) is 0 Å². The second-order valence-electron chi connectivity index (χ2n) is 4.88. The highest BCUT2D eigenvalue weighted by molar-refractivity contribution is 5.84. The highest BCUT2D eigenvalue weighted by Gasteiger charge is 2.26. The first kappa shape index (κ1) is 12.7. The monoisotopic (exact) mass is 211 g/mol. The van der Waals surface area contributed by atoms with Gasteiger partial charge in [0.25, 0.3) is 0 Å². The van der Waals surface area contributed by atoms with Crippen molar-refractivity contribution in [2.24, 2.45) is 0 Å². The van der Waals surface area contributed by atoms with Crippen LogP contribution in [0.4, 0.5) is 0 Å². The number of nitrogens with zero attached hydrogens (tertiary/aromatic N) is 1. The molecule has 0 bridgehead atoms. The van der Waals surface area contributed by atoms with Crippen LogP contribution in [0.5, 0.6) is 0 Å². The SMILES string of the molecule is CCCC(C)N(C)C1CCCCCC1=O. The molecule has 0 aromatic carbocycles. The Kier molecular flexibility index (Phi) is 5.30. The van der Waals surface area contributed by atoms with Crippen LogP contribution in [0.25, 0.3) is 0 Å². The molecule has 1 rings (SSSR count). The largest absolute Gasteiger partial charge is 0.298 e. The summed E-state index contributed by atoms with van der Waals surface area (Å²) in [5.41, 5.74) is 0. The van der Waals surface area contributed by atoms with E-state index in [2.05, 4.69) is 25.8 Å². The fourth-order valence-electron chi connectivity index (χ4n) is 2.50. The number of carbonyl (C=O) groups is 1. The highest BCUT2D eigenvalue weighted by Crippen LogP contribution is 2.21. The Bertz CT molecular complexity index is 203. The lowest BCUT2D eigenvalue weighted by molar-refractivity contribution is -0.124. The maximum atomic E-state index is 11.9. The predicted molar refractivity (Wildman–Crippen MR) is 64.0 cm³/mol. The van der Waals surface area contributed by atoms with Crippen LogP contribution in [0.3, 0.4) is 0 Å². The number of ketones is 1. The fraction of sp³-hybridized carbons (Fsp3) is 0.923. The first-order valence-electron chi connectivity index (χ1n) is 6.41. The average molecular weight is 211 g/mol. The zero-order valence-electron chi connectivity index (χ0n) is 10.5. The van der Waals surface area contributed by atoms with Crippen LogP contribution in [0.1, 0.15) is 58.8 Å². The molecule has 0 saturated heterocycles. The molecule has 2 nitrogen and oxygen atoms in total. The van der Waals surface area contributed by atoms with Gasteiger partial charge in [-0.15, -0.1) is 0 Å². The minimum Gasteiger partial charge on any atom is -0.298 e. The third-order valence-electron chi connectivity index (χ3n) is 3.67. The van der Waals surface area contributed by atoms with Crippen LogP contribution >= 0.6 is 0 Å². The molecule has 1 saturated carbocycles. The lowest BCUT2D eigenvalue weighted by Gasteiger charge is -2.31. The van der Waals surface area contributed by atoms with Gasteiger partial charge in [0.05, 0.1) is 6.04 Å². The maximum Gasteiger partial charge on any atom is 0.149 e. The summed E-state index contributed by atoms with van der Waals surface area (Å²) < 4.78 is 0. The van der Waals surface area contributed by atoms with E-state index in [-0.39, 0.29) is 6.04 Å². The van der Waals surface area contributed by atoms with Gasteiger partial charge in [0.15, 0.2) is 0 Å². The zero-order valence-corrected chi connectivity index (χ0v) is 10.5. The number of carbonyl (C=O) groups excluding carboxylic acids is 1. The Morgan fingerprint density at radius 1 is 1.40 bits per heavy atom. The van der Waals surface area contributed by atoms with E-state index >= 15 is 0 Å². The number of hydrogen-bond donors (Lipinski definition) is 0. The molecule has 0 heterocycles. The second kappa shape index (κ2) is 6.26. The summed E-state index contributed by atoms with van der Waals surface area (Å²) in [6, 6.07) is 0.746. The topological polar surface area (TPSA) is 20.3 Å². The molecular weight excluding hydrogens is 186 g/mol. The van der Waals surface area contributed by atoms with Crippen LogP contribution in [-0.2, 0) is 4.79 Å². The van der Waals surface area contributed by atoms with E-state index < -0.39 is 0 Å². The summed E-state index contributed by atoms with van der Waals surface area (Å²) >= 11 is 0. The lowest BCUT2D eigenvalue weighted by Crippen LogP contribution is -2.43. The molecule has 15 heavy (non-hydrogen) atoms. The standard InChI is InChI=1S/C13H25NO/c1-4-8-11(2)14(3)12-9-6-5-7-10-13(12)15/h11-12H,4-10H2,1-3H3. The first-order chi connectivity index (χ1) is 7.16. The van der Waals surface area contributed by atoms with Gasteiger partial charge in [-0.05, 0) is 33.2 Å². The summed E-state index contributed by atoms with van der Waals surface area (Å²) in [4.78, 5) is 14.2. The van der Waals surface area contributed by atoms with Crippen molar-refractivity contribution in [2.75, 3.05) is 7.05 Å². The van der Waals surface area contributed by atoms with Crippen molar-refractivity contribution in [1.82, 2.24) is 4.90 Å². The van der Waals surface area contributed by atoms with E-state index in [9.17, 15) is 4.79 Å². The summed E-state index contributed by atoms with van der Waals surface area (Å²) in [5, 5.41) is 0. The van der Waals surface area contributed by atoms with Gasteiger partial charge in [0.1, 0.15) is 5.78 Å². The van der Waals surface area contributed by atoms with E-state index in [1.54, 1.807) is 0 Å². The smallest absolute Gasteiger partial charge is 0.149 e. The summed E-state index contributed by atoms with van der Waals surface area (Å²) in [5.74, 6) is 0.470. The van der Waals surface area contributed by atoms with Gasteiger partial charge in [0, 0.05) is 12.5 Å². The Morgan fingerprint density at radius 3 is 2.80 bits per heavy atom. The fourth-order valence-corrected chi connectivity index (χ4v) is 2.50. The number of Topliss-reactive ketones (excluding diaryl/α,β-unsaturated/α-hetero) is 1. The molecule has 0 N–H and O–H groups in total. The minimum absolute atomic E-state index is 0.203. The van der Waals surface area contributed by atoms with Crippen LogP contribution < -0.4 is 0 Å². The van der Waals surface area contributed by atoms with E-state index in [1.165, 1.54) is 25.7 Å². The molecule has 0 aromatic rings. The van der Waals surface area contributed by atoms with Crippen LogP contribution in [0.15, 0.2) is 0 Å². The number of likely N-dealkylation sites (N-methyl/N-ethyl adjacent to an activating group) is 1. The Labute approximate surface area is 94.0 Å². The van der Waals surface area contributed by atoms with Crippen molar-refractivity contribution in [1.29, 1.82) is 0 Å². The van der Waals surface area contributed by atoms with Gasteiger partial charge >= 0.3 is 0 Å². The molecule has 0 spiro atoms. The van der Waals surface area contributed by atoms with Crippen LogP contribution in [0.2, 0.25) is 0 Å². The van der Waals surface area contributed by atoms with Gasteiger partial charge in [-0.3, -0.25) is 9.69 Å². The van der Waals surface area contributed by atoms with Crippen molar-refractivity contribution in [3.8, 4) is 0 Å². The molecule has 0 aromatic heterocycles. The lowest BCUT2D eigenvalue weighted by atomic mass is 10.0. The Hall–Kier alpha value is -0.370. The first-order valence-corrected chi connectivity index (χ1v) is 6.41. The Morgan fingerprint density at radius 2 is 2.13 bits per heavy atom. The second-order valence-corrected chi connectivity index (χ2v) is 4.88. The van der Waals surface area contributed by atoms with Gasteiger partial charge in [-0.1, -0.05) is 26.2 Å². The molecule has 2 atom stereocenters. The van der Waals surface area contributed by atoms with Crippen LogP contribution in [-0.4, -0.2) is 29.8 Å². The molecule has 0 aliphatic heterocycles. The van der Waals surface area contributed by atoms with Gasteiger partial charge in [0.2, 0.25) is 0 Å². The molecule has 88 valence electrons. The third-order valence-corrected chi connectivity index (χ3v) is 3.67. The third kappa shape index (κ3) is 3.60. The van der Waals surface area contributed by atoms with E-state index in [0.29, 0.717) is 11.8 Å². The Balaban J connectivity index is 2.54. The number of rotatable bonds is 4. The average Bonchev–Trinajstić information content (AvgIpc) is 2.42. The summed E-state index contributed by atoms with van der Waals surface area (Å²) in [6.07, 6.45) is 7.83. The summed E-state index contributed by atoms with van der Waals surface area (Å²) in [6.45, 7) is 4.45. The number of hydrogen-bond acceptors (Lipinski definition) is 2. The van der Waals surface area contributed by atoms with Crippen LogP contribution in [0, 0.1) is 0 Å². The van der Waals surface area contributed by atoms with Gasteiger partial charge in [-0.25, -0.2) is 0 Å². The molecular formula is C13H25NO. The molecule has 1 aliphatic rings. The van der Waals surface area contributed by atoms with Crippen molar-refractivity contribution >= 4 is 5.78 Å².